The monoisotopic (exact) mass is 157 g/mol. The van der Waals surface area contributed by atoms with E-state index in [1.807, 2.05) is 26.1 Å². The van der Waals surface area contributed by atoms with E-state index in [1.165, 1.54) is 0 Å². The van der Waals surface area contributed by atoms with Gasteiger partial charge in [0.25, 0.3) is 0 Å². The van der Waals surface area contributed by atoms with Gasteiger partial charge in [-0.1, -0.05) is 30.3 Å². The van der Waals surface area contributed by atoms with Crippen LogP contribution in [0.1, 0.15) is 6.92 Å². The number of hydrogen-bond donors (Lipinski definition) is 1. The van der Waals surface area contributed by atoms with Gasteiger partial charge in [-0.05, 0) is 13.0 Å². The van der Waals surface area contributed by atoms with E-state index in [9.17, 15) is 0 Å². The highest BCUT2D eigenvalue weighted by Crippen LogP contribution is 2.04. The van der Waals surface area contributed by atoms with Crippen molar-refractivity contribution in [1.82, 2.24) is 5.32 Å². The Balaban J connectivity index is 4.22. The second-order valence-corrected chi connectivity index (χ2v) is 2.16. The molecule has 2 heteroatoms. The lowest BCUT2D eigenvalue weighted by Gasteiger charge is -1.97. The Morgan fingerprint density at radius 1 is 1.60 bits per heavy atom. The molecule has 0 unspecified atom stereocenters. The predicted octanol–water partition coefficient (Wildman–Crippen LogP) is 2.42. The minimum atomic E-state index is 0.641. The maximum Gasteiger partial charge on any atom is 0.0420 e. The molecule has 0 fully saturated rings. The standard InChI is InChI=1S/C8H12ClN/c1-4-7(9)6-8(5-2)10-3/h4-6,10H,1H2,2-3H3/b7-6+,8-5+. The number of halogens is 1. The minimum absolute atomic E-state index is 0.641. The molecule has 0 amide bonds. The SMILES string of the molecule is C=C/C(Cl)=C\C(=C/C)NC. The first kappa shape index (κ1) is 9.31. The van der Waals surface area contributed by atoms with Crippen molar-refractivity contribution in [3.63, 3.8) is 0 Å². The average Bonchev–Trinajstić information content (AvgIpc) is 1.99. The van der Waals surface area contributed by atoms with Crippen LogP contribution in [0.5, 0.6) is 0 Å². The fraction of sp³-hybridized carbons (Fsp3) is 0.250. The molecule has 10 heavy (non-hydrogen) atoms. The highest BCUT2D eigenvalue weighted by Gasteiger charge is 1.86. The summed E-state index contributed by atoms with van der Waals surface area (Å²) in [5.74, 6) is 0. The van der Waals surface area contributed by atoms with E-state index in [2.05, 4.69) is 11.9 Å². The molecule has 0 atom stereocenters. The average molecular weight is 158 g/mol. The molecule has 0 rings (SSSR count). The minimum Gasteiger partial charge on any atom is -0.388 e. The molecule has 1 N–H and O–H groups in total. The molecule has 0 spiro atoms. The fourth-order valence-corrected chi connectivity index (χ4v) is 0.625. The predicted molar refractivity (Wildman–Crippen MR) is 46.9 cm³/mol. The summed E-state index contributed by atoms with van der Waals surface area (Å²) in [4.78, 5) is 0. The molecule has 0 bridgehead atoms. The number of allylic oxidation sites excluding steroid dienone is 4. The maximum atomic E-state index is 5.68. The van der Waals surface area contributed by atoms with Crippen LogP contribution in [-0.4, -0.2) is 7.05 Å². The van der Waals surface area contributed by atoms with E-state index in [0.717, 1.165) is 5.70 Å². The van der Waals surface area contributed by atoms with Crippen LogP contribution in [0.15, 0.2) is 35.5 Å². The lowest BCUT2D eigenvalue weighted by Crippen LogP contribution is -2.02. The van der Waals surface area contributed by atoms with Gasteiger partial charge in [0.15, 0.2) is 0 Å². The van der Waals surface area contributed by atoms with Crippen molar-refractivity contribution in [1.29, 1.82) is 0 Å². The van der Waals surface area contributed by atoms with Crippen LogP contribution in [-0.2, 0) is 0 Å². The first-order chi connectivity index (χ1) is 4.74. The largest absolute Gasteiger partial charge is 0.388 e. The molecule has 0 aromatic rings. The van der Waals surface area contributed by atoms with Crippen LogP contribution in [0.25, 0.3) is 0 Å². The zero-order valence-electron chi connectivity index (χ0n) is 6.32. The number of rotatable bonds is 3. The van der Waals surface area contributed by atoms with E-state index in [-0.39, 0.29) is 0 Å². The summed E-state index contributed by atoms with van der Waals surface area (Å²) in [7, 11) is 1.85. The van der Waals surface area contributed by atoms with Crippen molar-refractivity contribution in [3.05, 3.63) is 35.5 Å². The van der Waals surface area contributed by atoms with Crippen molar-refractivity contribution in [2.24, 2.45) is 0 Å². The Morgan fingerprint density at radius 2 is 2.20 bits per heavy atom. The topological polar surface area (TPSA) is 12.0 Å². The van der Waals surface area contributed by atoms with Crippen LogP contribution in [0.3, 0.4) is 0 Å². The van der Waals surface area contributed by atoms with Crippen molar-refractivity contribution < 1.29 is 0 Å². The highest BCUT2D eigenvalue weighted by molar-refractivity contribution is 6.31. The third kappa shape index (κ3) is 3.36. The Bertz CT molecular complexity index is 168. The molecule has 0 heterocycles. The summed E-state index contributed by atoms with van der Waals surface area (Å²) in [5.41, 5.74) is 0.991. The Morgan fingerprint density at radius 3 is 2.50 bits per heavy atom. The smallest absolute Gasteiger partial charge is 0.0420 e. The molecular weight excluding hydrogens is 146 g/mol. The van der Waals surface area contributed by atoms with E-state index in [4.69, 9.17) is 11.6 Å². The second kappa shape index (κ2) is 5.12. The summed E-state index contributed by atoms with van der Waals surface area (Å²) in [5, 5.41) is 3.61. The quantitative estimate of drug-likeness (QED) is 0.621. The molecule has 0 aliphatic carbocycles. The molecule has 0 aromatic carbocycles. The Labute approximate surface area is 67.1 Å². The third-order valence-corrected chi connectivity index (χ3v) is 1.35. The molecular formula is C8H12ClN. The van der Waals surface area contributed by atoms with Gasteiger partial charge in [0.1, 0.15) is 0 Å². The molecule has 0 saturated heterocycles. The first-order valence-corrected chi connectivity index (χ1v) is 3.46. The Hall–Kier alpha value is -0.690. The molecule has 1 nitrogen and oxygen atoms in total. The number of likely N-dealkylation sites (N-methyl/N-ethyl adjacent to an activating group) is 1. The van der Waals surface area contributed by atoms with E-state index < -0.39 is 0 Å². The van der Waals surface area contributed by atoms with Crippen LogP contribution in [0, 0.1) is 0 Å². The van der Waals surface area contributed by atoms with Gasteiger partial charge in [-0.3, -0.25) is 0 Å². The van der Waals surface area contributed by atoms with Gasteiger partial charge >= 0.3 is 0 Å². The van der Waals surface area contributed by atoms with Gasteiger partial charge in [-0.2, -0.15) is 0 Å². The second-order valence-electron chi connectivity index (χ2n) is 1.73. The van der Waals surface area contributed by atoms with Crippen LogP contribution in [0.2, 0.25) is 0 Å². The fourth-order valence-electron chi connectivity index (χ4n) is 0.507. The van der Waals surface area contributed by atoms with Crippen molar-refractivity contribution in [2.45, 2.75) is 6.92 Å². The van der Waals surface area contributed by atoms with Gasteiger partial charge in [0, 0.05) is 17.8 Å². The van der Waals surface area contributed by atoms with E-state index >= 15 is 0 Å². The zero-order chi connectivity index (χ0) is 7.98. The lowest BCUT2D eigenvalue weighted by molar-refractivity contribution is 1.03. The molecule has 0 aliphatic rings. The molecule has 0 aliphatic heterocycles. The van der Waals surface area contributed by atoms with Crippen LogP contribution in [0.4, 0.5) is 0 Å². The molecule has 0 saturated carbocycles. The summed E-state index contributed by atoms with van der Waals surface area (Å²) in [6.45, 7) is 5.47. The van der Waals surface area contributed by atoms with Crippen molar-refractivity contribution in [3.8, 4) is 0 Å². The maximum absolute atomic E-state index is 5.68. The molecule has 56 valence electrons. The highest BCUT2D eigenvalue weighted by atomic mass is 35.5. The Kier molecular flexibility index (Phi) is 4.77. The summed E-state index contributed by atoms with van der Waals surface area (Å²) in [6.07, 6.45) is 5.35. The number of nitrogens with one attached hydrogen (secondary N) is 1. The van der Waals surface area contributed by atoms with Gasteiger partial charge in [-0.25, -0.2) is 0 Å². The van der Waals surface area contributed by atoms with Gasteiger partial charge < -0.3 is 5.32 Å². The summed E-state index contributed by atoms with van der Waals surface area (Å²) >= 11 is 5.68. The lowest BCUT2D eigenvalue weighted by atomic mass is 10.3. The van der Waals surface area contributed by atoms with Gasteiger partial charge in [-0.15, -0.1) is 0 Å². The van der Waals surface area contributed by atoms with Crippen molar-refractivity contribution in [2.75, 3.05) is 7.05 Å². The normalized spacial score (nSPS) is 13.1. The summed E-state index contributed by atoms with van der Waals surface area (Å²) in [6, 6.07) is 0. The summed E-state index contributed by atoms with van der Waals surface area (Å²) < 4.78 is 0. The van der Waals surface area contributed by atoms with Crippen LogP contribution >= 0.6 is 11.6 Å². The van der Waals surface area contributed by atoms with E-state index in [0.29, 0.717) is 5.03 Å². The van der Waals surface area contributed by atoms with Crippen LogP contribution < -0.4 is 5.32 Å². The molecule has 0 radical (unpaired) electrons. The van der Waals surface area contributed by atoms with Crippen molar-refractivity contribution >= 4 is 11.6 Å². The zero-order valence-corrected chi connectivity index (χ0v) is 7.07. The first-order valence-electron chi connectivity index (χ1n) is 3.08. The van der Waals surface area contributed by atoms with E-state index in [1.54, 1.807) is 6.08 Å². The van der Waals surface area contributed by atoms with Gasteiger partial charge in [0.2, 0.25) is 0 Å². The third-order valence-electron chi connectivity index (χ3n) is 1.09. The van der Waals surface area contributed by atoms with Gasteiger partial charge in [0.05, 0.1) is 0 Å². The number of hydrogen-bond acceptors (Lipinski definition) is 1. The molecule has 0 aromatic heterocycles.